The van der Waals surface area contributed by atoms with Crippen LogP contribution in [-0.2, 0) is 0 Å². The first kappa shape index (κ1) is 15.8. The summed E-state index contributed by atoms with van der Waals surface area (Å²) in [4.78, 5) is 14.9. The first-order valence-corrected chi connectivity index (χ1v) is 8.32. The number of methoxy groups -OCH3 is 1. The topological polar surface area (TPSA) is 60.0 Å². The van der Waals surface area contributed by atoms with Gasteiger partial charge in [-0.2, -0.15) is 0 Å². The van der Waals surface area contributed by atoms with E-state index in [1.54, 1.807) is 13.2 Å². The molecule has 1 fully saturated rings. The zero-order valence-corrected chi connectivity index (χ0v) is 14.0. The molecule has 2 aromatic carbocycles. The molecule has 2 aliphatic heterocycles. The van der Waals surface area contributed by atoms with E-state index in [0.29, 0.717) is 30.2 Å². The Morgan fingerprint density at radius 2 is 2.08 bits per heavy atom. The minimum atomic E-state index is -0.0382. The monoisotopic (exact) mass is 340 g/mol. The molecule has 0 spiro atoms. The molecule has 6 nitrogen and oxygen atoms in total. The van der Waals surface area contributed by atoms with Crippen molar-refractivity contribution in [1.82, 2.24) is 10.2 Å². The number of carbonyl (C=O) groups excluding carboxylic acids is 1. The fourth-order valence-corrected chi connectivity index (χ4v) is 3.37. The number of benzene rings is 2. The number of hydrogen-bond donors (Lipinski definition) is 1. The number of para-hydroxylation sites is 2. The van der Waals surface area contributed by atoms with Crippen molar-refractivity contribution in [2.45, 2.75) is 6.04 Å². The van der Waals surface area contributed by atoms with Crippen molar-refractivity contribution in [3.63, 3.8) is 0 Å². The predicted octanol–water partition coefficient (Wildman–Crippen LogP) is 2.21. The Kier molecular flexibility index (Phi) is 4.19. The average Bonchev–Trinajstić information content (AvgIpc) is 3.16. The van der Waals surface area contributed by atoms with E-state index in [-0.39, 0.29) is 18.7 Å². The number of nitrogens with one attached hydrogen (secondary N) is 1. The standard InChI is InChI=1S/C19H20N2O4/c1-23-16-7-3-2-5-13(16)15-11-21(10-9-20-15)19(22)14-6-4-8-17-18(14)25-12-24-17/h2-8,15,20H,9-12H2,1H3. The molecule has 4 rings (SSSR count). The van der Waals surface area contributed by atoms with Gasteiger partial charge in [0.15, 0.2) is 11.5 Å². The number of carbonyl (C=O) groups is 1. The molecule has 1 amide bonds. The number of hydrogen-bond acceptors (Lipinski definition) is 5. The highest BCUT2D eigenvalue weighted by molar-refractivity contribution is 5.98. The number of ether oxygens (including phenoxy) is 3. The number of fused-ring (bicyclic) bond motifs is 1. The third-order valence-corrected chi connectivity index (χ3v) is 4.60. The van der Waals surface area contributed by atoms with Crippen LogP contribution >= 0.6 is 0 Å². The van der Waals surface area contributed by atoms with E-state index in [0.717, 1.165) is 17.9 Å². The summed E-state index contributed by atoms with van der Waals surface area (Å²) in [6.45, 7) is 2.10. The van der Waals surface area contributed by atoms with Gasteiger partial charge in [-0.1, -0.05) is 24.3 Å². The van der Waals surface area contributed by atoms with Gasteiger partial charge >= 0.3 is 0 Å². The van der Waals surface area contributed by atoms with Crippen molar-refractivity contribution in [2.24, 2.45) is 0 Å². The lowest BCUT2D eigenvalue weighted by Gasteiger charge is -2.34. The molecule has 0 radical (unpaired) electrons. The molecule has 1 unspecified atom stereocenters. The van der Waals surface area contributed by atoms with Crippen LogP contribution in [0.4, 0.5) is 0 Å². The lowest BCUT2D eigenvalue weighted by molar-refractivity contribution is 0.0697. The third kappa shape index (κ3) is 2.89. The molecule has 6 heteroatoms. The SMILES string of the molecule is COc1ccccc1C1CN(C(=O)c2cccc3c2OCO3)CCN1. The minimum absolute atomic E-state index is 0.0304. The molecule has 25 heavy (non-hydrogen) atoms. The summed E-state index contributed by atoms with van der Waals surface area (Å²) >= 11 is 0. The Balaban J connectivity index is 1.57. The quantitative estimate of drug-likeness (QED) is 0.928. The molecule has 1 N–H and O–H groups in total. The molecule has 130 valence electrons. The van der Waals surface area contributed by atoms with Crippen LogP contribution in [0.2, 0.25) is 0 Å². The zero-order valence-electron chi connectivity index (χ0n) is 14.0. The van der Waals surface area contributed by atoms with Crippen LogP contribution < -0.4 is 19.5 Å². The highest BCUT2D eigenvalue weighted by Crippen LogP contribution is 2.36. The number of piperazine rings is 1. The highest BCUT2D eigenvalue weighted by atomic mass is 16.7. The number of nitrogens with zero attached hydrogens (tertiary/aromatic N) is 1. The Hall–Kier alpha value is -2.73. The van der Waals surface area contributed by atoms with Gasteiger partial charge in [0.05, 0.1) is 18.7 Å². The summed E-state index contributed by atoms with van der Waals surface area (Å²) < 4.78 is 16.3. The fraction of sp³-hybridized carbons (Fsp3) is 0.316. The van der Waals surface area contributed by atoms with Gasteiger partial charge < -0.3 is 24.4 Å². The van der Waals surface area contributed by atoms with Crippen LogP contribution in [0.5, 0.6) is 17.2 Å². The van der Waals surface area contributed by atoms with Gasteiger partial charge in [-0.3, -0.25) is 4.79 Å². The Morgan fingerprint density at radius 3 is 2.96 bits per heavy atom. The van der Waals surface area contributed by atoms with Crippen LogP contribution in [0.25, 0.3) is 0 Å². The highest BCUT2D eigenvalue weighted by Gasteiger charge is 2.30. The summed E-state index contributed by atoms with van der Waals surface area (Å²) in [5.41, 5.74) is 1.61. The van der Waals surface area contributed by atoms with Gasteiger partial charge in [0.2, 0.25) is 6.79 Å². The molecule has 0 aliphatic carbocycles. The van der Waals surface area contributed by atoms with Crippen molar-refractivity contribution in [3.8, 4) is 17.2 Å². The molecular weight excluding hydrogens is 320 g/mol. The lowest BCUT2D eigenvalue weighted by Crippen LogP contribution is -2.48. The van der Waals surface area contributed by atoms with Gasteiger partial charge in [-0.25, -0.2) is 0 Å². The van der Waals surface area contributed by atoms with E-state index in [2.05, 4.69) is 5.32 Å². The normalized spacial score (nSPS) is 18.9. The molecule has 1 saturated heterocycles. The third-order valence-electron chi connectivity index (χ3n) is 4.60. The van der Waals surface area contributed by atoms with Crippen LogP contribution in [-0.4, -0.2) is 44.3 Å². The van der Waals surface area contributed by atoms with E-state index in [1.807, 2.05) is 41.3 Å². The van der Waals surface area contributed by atoms with Crippen molar-refractivity contribution < 1.29 is 19.0 Å². The van der Waals surface area contributed by atoms with Gasteiger partial charge in [0.25, 0.3) is 5.91 Å². The fourth-order valence-electron chi connectivity index (χ4n) is 3.37. The van der Waals surface area contributed by atoms with Crippen LogP contribution in [0.15, 0.2) is 42.5 Å². The van der Waals surface area contributed by atoms with Crippen LogP contribution in [0.1, 0.15) is 22.0 Å². The second-order valence-corrected chi connectivity index (χ2v) is 6.04. The molecular formula is C19H20N2O4. The van der Waals surface area contributed by atoms with E-state index in [1.165, 1.54) is 0 Å². The molecule has 0 bridgehead atoms. The van der Waals surface area contributed by atoms with E-state index in [4.69, 9.17) is 14.2 Å². The first-order valence-electron chi connectivity index (χ1n) is 8.32. The first-order chi connectivity index (χ1) is 12.3. The second-order valence-electron chi connectivity index (χ2n) is 6.04. The molecule has 2 aromatic rings. The maximum atomic E-state index is 13.0. The van der Waals surface area contributed by atoms with Gasteiger partial charge in [-0.15, -0.1) is 0 Å². The maximum Gasteiger partial charge on any atom is 0.257 e. The summed E-state index contributed by atoms with van der Waals surface area (Å²) in [6.07, 6.45) is 0. The van der Waals surface area contributed by atoms with Crippen LogP contribution in [0.3, 0.4) is 0 Å². The van der Waals surface area contributed by atoms with Gasteiger partial charge in [-0.05, 0) is 18.2 Å². The average molecular weight is 340 g/mol. The lowest BCUT2D eigenvalue weighted by atomic mass is 10.0. The van der Waals surface area contributed by atoms with Crippen LogP contribution in [0, 0.1) is 0 Å². The van der Waals surface area contributed by atoms with Gasteiger partial charge in [0, 0.05) is 25.2 Å². The maximum absolute atomic E-state index is 13.0. The second kappa shape index (κ2) is 6.64. The van der Waals surface area contributed by atoms with E-state index in [9.17, 15) is 4.79 Å². The molecule has 1 atom stereocenters. The Labute approximate surface area is 146 Å². The van der Waals surface area contributed by atoms with Crippen molar-refractivity contribution in [1.29, 1.82) is 0 Å². The van der Waals surface area contributed by atoms with E-state index >= 15 is 0 Å². The summed E-state index contributed by atoms with van der Waals surface area (Å²) in [6, 6.07) is 13.3. The zero-order chi connectivity index (χ0) is 17.2. The number of rotatable bonds is 3. The largest absolute Gasteiger partial charge is 0.496 e. The predicted molar refractivity (Wildman–Crippen MR) is 92.2 cm³/mol. The van der Waals surface area contributed by atoms with Gasteiger partial charge in [0.1, 0.15) is 5.75 Å². The minimum Gasteiger partial charge on any atom is -0.496 e. The summed E-state index contributed by atoms with van der Waals surface area (Å²) in [5.74, 6) is 1.96. The summed E-state index contributed by atoms with van der Waals surface area (Å²) in [5, 5.41) is 3.47. The summed E-state index contributed by atoms with van der Waals surface area (Å²) in [7, 11) is 1.66. The Morgan fingerprint density at radius 1 is 1.20 bits per heavy atom. The molecule has 0 aromatic heterocycles. The van der Waals surface area contributed by atoms with Crippen molar-refractivity contribution >= 4 is 5.91 Å². The van der Waals surface area contributed by atoms with Crippen molar-refractivity contribution in [2.75, 3.05) is 33.5 Å². The smallest absolute Gasteiger partial charge is 0.257 e. The molecule has 2 aliphatic rings. The van der Waals surface area contributed by atoms with Crippen molar-refractivity contribution in [3.05, 3.63) is 53.6 Å². The Bertz CT molecular complexity index is 793. The number of amides is 1. The van der Waals surface area contributed by atoms with E-state index < -0.39 is 0 Å². The molecule has 2 heterocycles. The molecule has 0 saturated carbocycles.